The van der Waals surface area contributed by atoms with Crippen molar-refractivity contribution in [3.05, 3.63) is 112 Å². The van der Waals surface area contributed by atoms with E-state index in [1.807, 2.05) is 39.8 Å². The molecule has 10 rings (SSSR count). The Balaban J connectivity index is 0.705. The lowest BCUT2D eigenvalue weighted by molar-refractivity contribution is -0.135. The van der Waals surface area contributed by atoms with E-state index in [0.29, 0.717) is 66.6 Å². The number of aryl methyl sites for hydroxylation is 1. The van der Waals surface area contributed by atoms with E-state index in [9.17, 15) is 24.0 Å². The van der Waals surface area contributed by atoms with Crippen molar-refractivity contribution in [2.75, 3.05) is 43.4 Å². The van der Waals surface area contributed by atoms with Crippen molar-refractivity contribution in [2.24, 2.45) is 0 Å². The van der Waals surface area contributed by atoms with Crippen LogP contribution in [-0.2, 0) is 38.7 Å². The molecule has 2 atom stereocenters. The van der Waals surface area contributed by atoms with E-state index in [1.165, 1.54) is 28.4 Å². The van der Waals surface area contributed by atoms with Gasteiger partial charge in [0.2, 0.25) is 17.7 Å². The van der Waals surface area contributed by atoms with Gasteiger partial charge in [0.25, 0.3) is 11.8 Å². The van der Waals surface area contributed by atoms with Crippen LogP contribution in [-0.4, -0.2) is 104 Å². The van der Waals surface area contributed by atoms with Crippen molar-refractivity contribution in [1.29, 1.82) is 0 Å². The molecule has 342 valence electrons. The molecule has 5 aliphatic rings. The molecule has 15 nitrogen and oxygen atoms in total. The molecule has 3 aromatic carbocycles. The van der Waals surface area contributed by atoms with Crippen molar-refractivity contribution in [3.8, 4) is 16.9 Å². The maximum Gasteiger partial charge on any atom is 0.255 e. The van der Waals surface area contributed by atoms with Crippen LogP contribution < -0.4 is 20.7 Å². The molecule has 2 aromatic heterocycles. The second kappa shape index (κ2) is 18.4. The number of hydrogen-bond acceptors (Lipinski definition) is 11. The number of rotatable bonds is 12. The van der Waals surface area contributed by atoms with Crippen LogP contribution in [0.5, 0.6) is 5.75 Å². The van der Waals surface area contributed by atoms with E-state index in [1.54, 1.807) is 30.0 Å². The van der Waals surface area contributed by atoms with E-state index in [4.69, 9.17) is 4.74 Å². The quantitative estimate of drug-likeness (QED) is 0.126. The van der Waals surface area contributed by atoms with Crippen LogP contribution >= 0.6 is 11.3 Å². The van der Waals surface area contributed by atoms with Gasteiger partial charge in [0.1, 0.15) is 29.5 Å². The molecule has 5 aromatic rings. The van der Waals surface area contributed by atoms with Crippen molar-refractivity contribution in [1.82, 2.24) is 34.6 Å². The Labute approximate surface area is 383 Å². The van der Waals surface area contributed by atoms with Gasteiger partial charge in [0.05, 0.1) is 30.8 Å². The number of imidazole rings is 1. The number of hydrogen-bond donors (Lipinski definition) is 3. The molecule has 5 aliphatic heterocycles. The van der Waals surface area contributed by atoms with E-state index in [-0.39, 0.29) is 53.6 Å². The van der Waals surface area contributed by atoms with Gasteiger partial charge in [-0.2, -0.15) is 0 Å². The molecule has 3 saturated heterocycles. The normalized spacial score (nSPS) is 19.7. The van der Waals surface area contributed by atoms with Gasteiger partial charge in [-0.05, 0) is 104 Å². The second-order valence-corrected chi connectivity index (χ2v) is 18.6. The minimum absolute atomic E-state index is 0.0747. The molecule has 0 bridgehead atoms. The third-order valence-corrected chi connectivity index (χ3v) is 14.2. The summed E-state index contributed by atoms with van der Waals surface area (Å²) in [5.74, 6) is -1.74. The number of carbonyl (C=O) groups is 5. The number of imide groups is 1. The first-order valence-electron chi connectivity index (χ1n) is 22.6. The average molecular weight is 918 g/mol. The average Bonchev–Trinajstić information content (AvgIpc) is 4.14. The first-order valence-corrected chi connectivity index (χ1v) is 23.5. The lowest BCUT2D eigenvalue weighted by Gasteiger charge is -2.36. The van der Waals surface area contributed by atoms with Gasteiger partial charge in [0, 0.05) is 67.3 Å². The van der Waals surface area contributed by atoms with Crippen LogP contribution in [0.15, 0.2) is 72.5 Å². The van der Waals surface area contributed by atoms with Crippen LogP contribution in [0.2, 0.25) is 0 Å². The molecule has 3 fully saturated rings. The minimum atomic E-state index is -1.07. The maximum absolute atomic E-state index is 15.9. The van der Waals surface area contributed by atoms with Crippen LogP contribution in [0.1, 0.15) is 89.8 Å². The van der Waals surface area contributed by atoms with E-state index in [2.05, 4.69) is 30.8 Å². The Bertz CT molecular complexity index is 2680. The van der Waals surface area contributed by atoms with E-state index in [0.717, 1.165) is 56.6 Å². The lowest BCUT2D eigenvalue weighted by atomic mass is 9.89. The molecule has 3 N–H and O–H groups in total. The highest BCUT2D eigenvalue weighted by atomic mass is 32.1. The molecule has 66 heavy (non-hydrogen) atoms. The number of carbonyl (C=O) groups excluding carboxylic acids is 5. The summed E-state index contributed by atoms with van der Waals surface area (Å²) in [5, 5.41) is 10.2. The minimum Gasteiger partial charge on any atom is -0.490 e. The summed E-state index contributed by atoms with van der Waals surface area (Å²) in [6.07, 6.45) is 8.30. The van der Waals surface area contributed by atoms with Gasteiger partial charge in [-0.25, -0.2) is 18.7 Å². The fourth-order valence-electron chi connectivity index (χ4n) is 9.94. The highest BCUT2D eigenvalue weighted by molar-refractivity contribution is 7.13. The summed E-state index contributed by atoms with van der Waals surface area (Å²) in [5.41, 5.74) is 4.19. The summed E-state index contributed by atoms with van der Waals surface area (Å²) in [4.78, 5) is 79.1. The molecule has 0 aliphatic carbocycles. The molecular formula is C48H49F2N9O6S. The van der Waals surface area contributed by atoms with Crippen LogP contribution in [0.4, 0.5) is 19.6 Å². The fourth-order valence-corrected chi connectivity index (χ4v) is 10.5. The molecule has 5 amide bonds. The second-order valence-electron chi connectivity index (χ2n) is 17.7. The maximum atomic E-state index is 15.9. The van der Waals surface area contributed by atoms with Crippen molar-refractivity contribution in [3.63, 3.8) is 0 Å². The highest BCUT2D eigenvalue weighted by Gasteiger charge is 2.42. The predicted molar refractivity (Wildman–Crippen MR) is 241 cm³/mol. The standard InChI is InChI=1S/C48H49F2N9O6S/c49-36-24-31(22-34-35(36)25-59(47(34)64)44(46(63)55-48-51-15-21-66-48)43-40-2-1-16-58(40)27-52-43)28-3-6-32(7-4-28)65-33-13-19-57(20-14-33)42(61)26-56-17-11-29(12-18-56)30-5-8-38(37(50)23-30)53-39-9-10-41(60)54-45(39)62/h3-8,15,21-24,27,29,33,39,44,53H,1-2,9-14,16-20,25-26H2,(H,51,55,63)(H,54,60,62). The van der Waals surface area contributed by atoms with Gasteiger partial charge < -0.3 is 24.4 Å². The van der Waals surface area contributed by atoms with Crippen molar-refractivity contribution >= 4 is 51.7 Å². The number of aromatic nitrogens is 3. The molecule has 0 spiro atoms. The van der Waals surface area contributed by atoms with Gasteiger partial charge in [-0.1, -0.05) is 18.2 Å². The van der Waals surface area contributed by atoms with Gasteiger partial charge >= 0.3 is 0 Å². The largest absolute Gasteiger partial charge is 0.490 e. The number of anilines is 2. The predicted octanol–water partition coefficient (Wildman–Crippen LogP) is 6.03. The summed E-state index contributed by atoms with van der Waals surface area (Å²) in [7, 11) is 0. The monoisotopic (exact) mass is 917 g/mol. The van der Waals surface area contributed by atoms with Gasteiger partial charge in [-0.15, -0.1) is 11.3 Å². The third-order valence-electron chi connectivity index (χ3n) is 13.6. The number of piperidine rings is 3. The van der Waals surface area contributed by atoms with Crippen LogP contribution in [0.25, 0.3) is 11.1 Å². The van der Waals surface area contributed by atoms with Gasteiger partial charge in [0.15, 0.2) is 11.2 Å². The lowest BCUT2D eigenvalue weighted by Crippen LogP contribution is -2.47. The van der Waals surface area contributed by atoms with Crippen LogP contribution in [0.3, 0.4) is 0 Å². The molecule has 7 heterocycles. The Hall–Kier alpha value is -6.53. The van der Waals surface area contributed by atoms with Crippen molar-refractivity contribution in [2.45, 2.75) is 88.6 Å². The summed E-state index contributed by atoms with van der Waals surface area (Å²) in [6.45, 7) is 3.62. The highest BCUT2D eigenvalue weighted by Crippen LogP contribution is 2.38. The number of ether oxygens (including phenoxy) is 1. The Morgan fingerprint density at radius 1 is 0.879 bits per heavy atom. The number of thiazole rings is 1. The number of benzene rings is 3. The molecular weight excluding hydrogens is 869 g/mol. The SMILES string of the molecule is O=C1CCC(Nc2ccc(C3CCN(CC(=O)N4CCC(Oc5ccc(-c6cc(F)c7c(c6)C(=O)N(C(C(=O)Nc6nccs6)c6ncn8c6CCC8)C7)cc5)CC4)CC3)cc2F)C(=O)N1. The fraction of sp³-hybridized carbons (Fsp3) is 0.396. The number of fused-ring (bicyclic) bond motifs is 2. The number of halogens is 2. The molecule has 2 unspecified atom stereocenters. The Kier molecular flexibility index (Phi) is 12.1. The number of amides is 5. The molecule has 18 heteroatoms. The van der Waals surface area contributed by atoms with Crippen LogP contribution in [0, 0.1) is 11.6 Å². The zero-order valence-corrected chi connectivity index (χ0v) is 37.0. The topological polar surface area (TPSA) is 171 Å². The first-order chi connectivity index (χ1) is 32.0. The van der Waals surface area contributed by atoms with E-state index < -0.39 is 41.4 Å². The molecule has 0 saturated carbocycles. The van der Waals surface area contributed by atoms with Gasteiger partial charge in [-0.3, -0.25) is 39.5 Å². The zero-order valence-electron chi connectivity index (χ0n) is 36.1. The Morgan fingerprint density at radius 3 is 2.42 bits per heavy atom. The van der Waals surface area contributed by atoms with E-state index >= 15 is 8.78 Å². The number of nitrogens with zero attached hydrogens (tertiary/aromatic N) is 6. The molecule has 0 radical (unpaired) electrons. The third kappa shape index (κ3) is 8.90. The smallest absolute Gasteiger partial charge is 0.255 e. The number of nitrogens with one attached hydrogen (secondary N) is 3. The van der Waals surface area contributed by atoms with Crippen molar-refractivity contribution < 1.29 is 37.5 Å². The number of likely N-dealkylation sites (tertiary alicyclic amines) is 2. The summed E-state index contributed by atoms with van der Waals surface area (Å²) >= 11 is 1.27. The Morgan fingerprint density at radius 2 is 1.68 bits per heavy atom. The first kappa shape index (κ1) is 43.4. The zero-order chi connectivity index (χ0) is 45.5. The summed E-state index contributed by atoms with van der Waals surface area (Å²) < 4.78 is 39.3. The summed E-state index contributed by atoms with van der Waals surface area (Å²) in [6, 6.07) is 13.8.